The van der Waals surface area contributed by atoms with Gasteiger partial charge in [0.1, 0.15) is 23.0 Å². The fraction of sp³-hybridized carbons (Fsp3) is 0.120. The molecule has 3 rings (SSSR count). The van der Waals surface area contributed by atoms with Gasteiger partial charge in [0.2, 0.25) is 0 Å². The first-order valence-corrected chi connectivity index (χ1v) is 9.45. The zero-order chi connectivity index (χ0) is 22.1. The molecule has 0 fully saturated rings. The second-order valence-corrected chi connectivity index (χ2v) is 6.41. The van der Waals surface area contributed by atoms with E-state index >= 15 is 0 Å². The summed E-state index contributed by atoms with van der Waals surface area (Å²) < 4.78 is 21.1. The molecule has 6 nitrogen and oxygen atoms in total. The fourth-order valence-corrected chi connectivity index (χ4v) is 2.78. The first-order valence-electron chi connectivity index (χ1n) is 9.45. The molecule has 156 valence electrons. The van der Waals surface area contributed by atoms with Crippen molar-refractivity contribution in [1.29, 1.82) is 5.26 Å². The van der Waals surface area contributed by atoms with Crippen LogP contribution < -0.4 is 18.9 Å². The standard InChI is InChI=1S/C25H21NO5/c1-28-21-11-9-19(10-12-21)20(16-26)13-18-5-3-8-24(14-18)31-25(27)17-30-23-7-4-6-22(15-23)29-2/h3-15H,17H2,1-2H3/b20-13-. The van der Waals surface area contributed by atoms with Crippen molar-refractivity contribution in [3.63, 3.8) is 0 Å². The van der Waals surface area contributed by atoms with Crippen LogP contribution >= 0.6 is 0 Å². The maximum Gasteiger partial charge on any atom is 0.349 e. The number of rotatable bonds is 8. The Morgan fingerprint density at radius 2 is 1.55 bits per heavy atom. The number of nitrogens with zero attached hydrogens (tertiary/aromatic N) is 1. The van der Waals surface area contributed by atoms with E-state index in [0.717, 1.165) is 11.1 Å². The molecule has 31 heavy (non-hydrogen) atoms. The van der Waals surface area contributed by atoms with Crippen LogP contribution in [-0.4, -0.2) is 26.8 Å². The van der Waals surface area contributed by atoms with Crippen LogP contribution in [0.1, 0.15) is 11.1 Å². The largest absolute Gasteiger partial charge is 0.497 e. The van der Waals surface area contributed by atoms with E-state index in [1.165, 1.54) is 0 Å². The average Bonchev–Trinajstić information content (AvgIpc) is 2.81. The highest BCUT2D eigenvalue weighted by molar-refractivity contribution is 5.90. The molecule has 0 saturated carbocycles. The van der Waals surface area contributed by atoms with E-state index in [1.807, 2.05) is 18.2 Å². The normalized spacial score (nSPS) is 10.7. The van der Waals surface area contributed by atoms with Crippen molar-refractivity contribution in [2.75, 3.05) is 20.8 Å². The first-order chi connectivity index (χ1) is 15.1. The second-order valence-electron chi connectivity index (χ2n) is 6.41. The zero-order valence-corrected chi connectivity index (χ0v) is 17.2. The molecule has 0 radical (unpaired) electrons. The molecule has 0 bridgehead atoms. The number of esters is 1. The molecule has 0 atom stereocenters. The van der Waals surface area contributed by atoms with Gasteiger partial charge in [0, 0.05) is 6.07 Å². The highest BCUT2D eigenvalue weighted by atomic mass is 16.6. The third-order valence-corrected chi connectivity index (χ3v) is 4.32. The van der Waals surface area contributed by atoms with Crippen molar-refractivity contribution in [1.82, 2.24) is 0 Å². The summed E-state index contributed by atoms with van der Waals surface area (Å²) in [5.74, 6) is 1.67. The molecular formula is C25H21NO5. The minimum atomic E-state index is -0.542. The molecule has 0 aliphatic carbocycles. The monoisotopic (exact) mass is 415 g/mol. The van der Waals surface area contributed by atoms with Gasteiger partial charge in [0.25, 0.3) is 0 Å². The first kappa shape index (κ1) is 21.5. The molecule has 0 heterocycles. The van der Waals surface area contributed by atoms with Crippen molar-refractivity contribution in [3.05, 3.63) is 83.9 Å². The molecule has 6 heteroatoms. The molecule has 0 saturated heterocycles. The number of ether oxygens (including phenoxy) is 4. The van der Waals surface area contributed by atoms with E-state index < -0.39 is 5.97 Å². The Hall–Kier alpha value is -4.24. The van der Waals surface area contributed by atoms with E-state index in [4.69, 9.17) is 18.9 Å². The number of allylic oxidation sites excluding steroid dienone is 1. The van der Waals surface area contributed by atoms with Crippen LogP contribution in [0.5, 0.6) is 23.0 Å². The Labute approximate surface area is 180 Å². The Balaban J connectivity index is 1.66. The summed E-state index contributed by atoms with van der Waals surface area (Å²) in [6, 6.07) is 23.3. The van der Waals surface area contributed by atoms with Crippen molar-refractivity contribution in [3.8, 4) is 29.1 Å². The Morgan fingerprint density at radius 1 is 0.871 bits per heavy atom. The van der Waals surface area contributed by atoms with Crippen LogP contribution in [0, 0.1) is 11.3 Å². The zero-order valence-electron chi connectivity index (χ0n) is 17.2. The Morgan fingerprint density at radius 3 is 2.26 bits per heavy atom. The molecule has 3 aromatic carbocycles. The lowest BCUT2D eigenvalue weighted by Gasteiger charge is -2.08. The minimum Gasteiger partial charge on any atom is -0.497 e. The van der Waals surface area contributed by atoms with Crippen molar-refractivity contribution < 1.29 is 23.7 Å². The van der Waals surface area contributed by atoms with E-state index in [0.29, 0.717) is 28.6 Å². The quantitative estimate of drug-likeness (QED) is 0.229. The molecule has 0 N–H and O–H groups in total. The topological polar surface area (TPSA) is 77.8 Å². The molecule has 0 aliphatic heterocycles. The van der Waals surface area contributed by atoms with Crippen LogP contribution in [0.25, 0.3) is 11.6 Å². The molecule has 0 spiro atoms. The number of benzene rings is 3. The van der Waals surface area contributed by atoms with Crippen LogP contribution in [-0.2, 0) is 4.79 Å². The lowest BCUT2D eigenvalue weighted by Crippen LogP contribution is -2.17. The second kappa shape index (κ2) is 10.5. The average molecular weight is 415 g/mol. The van der Waals surface area contributed by atoms with Gasteiger partial charge in [-0.2, -0.15) is 5.26 Å². The van der Waals surface area contributed by atoms with E-state index in [-0.39, 0.29) is 6.61 Å². The summed E-state index contributed by atoms with van der Waals surface area (Å²) in [6.45, 7) is -0.247. The van der Waals surface area contributed by atoms with Gasteiger partial charge in [-0.05, 0) is 65.7 Å². The van der Waals surface area contributed by atoms with Crippen LogP contribution in [0.2, 0.25) is 0 Å². The summed E-state index contributed by atoms with van der Waals surface area (Å²) in [4.78, 5) is 12.2. The van der Waals surface area contributed by atoms with Gasteiger partial charge in [-0.15, -0.1) is 0 Å². The van der Waals surface area contributed by atoms with Crippen molar-refractivity contribution in [2.24, 2.45) is 0 Å². The summed E-state index contributed by atoms with van der Waals surface area (Å²) in [5, 5.41) is 9.54. The Bertz CT molecular complexity index is 1110. The lowest BCUT2D eigenvalue weighted by atomic mass is 10.0. The van der Waals surface area contributed by atoms with Gasteiger partial charge in [-0.1, -0.05) is 18.2 Å². The number of hydrogen-bond donors (Lipinski definition) is 0. The van der Waals surface area contributed by atoms with Gasteiger partial charge < -0.3 is 18.9 Å². The lowest BCUT2D eigenvalue weighted by molar-refractivity contribution is -0.136. The van der Waals surface area contributed by atoms with E-state index in [2.05, 4.69) is 6.07 Å². The maximum atomic E-state index is 12.2. The predicted molar refractivity (Wildman–Crippen MR) is 117 cm³/mol. The number of methoxy groups -OCH3 is 2. The van der Waals surface area contributed by atoms with Gasteiger partial charge in [-0.25, -0.2) is 4.79 Å². The van der Waals surface area contributed by atoms with Crippen LogP contribution in [0.3, 0.4) is 0 Å². The molecular weight excluding hydrogens is 394 g/mol. The van der Waals surface area contributed by atoms with E-state index in [1.54, 1.807) is 74.9 Å². The molecule has 3 aromatic rings. The summed E-state index contributed by atoms with van der Waals surface area (Å²) in [6.07, 6.45) is 1.73. The van der Waals surface area contributed by atoms with Crippen molar-refractivity contribution in [2.45, 2.75) is 0 Å². The molecule has 0 aromatic heterocycles. The predicted octanol–water partition coefficient (Wildman–Crippen LogP) is 4.75. The maximum absolute atomic E-state index is 12.2. The third-order valence-electron chi connectivity index (χ3n) is 4.32. The fourth-order valence-electron chi connectivity index (χ4n) is 2.78. The van der Waals surface area contributed by atoms with Gasteiger partial charge >= 0.3 is 5.97 Å². The summed E-state index contributed by atoms with van der Waals surface area (Å²) >= 11 is 0. The number of hydrogen-bond acceptors (Lipinski definition) is 6. The third kappa shape index (κ3) is 6.12. The van der Waals surface area contributed by atoms with Crippen LogP contribution in [0.4, 0.5) is 0 Å². The molecule has 0 amide bonds. The molecule has 0 aliphatic rings. The number of carbonyl (C=O) groups is 1. The molecule has 0 unspecified atom stereocenters. The van der Waals surface area contributed by atoms with E-state index in [9.17, 15) is 10.1 Å². The van der Waals surface area contributed by atoms with Crippen LogP contribution in [0.15, 0.2) is 72.8 Å². The summed E-state index contributed by atoms with van der Waals surface area (Å²) in [7, 11) is 3.14. The minimum absolute atomic E-state index is 0.247. The SMILES string of the molecule is COc1ccc(/C(C#N)=C\c2cccc(OC(=O)COc3cccc(OC)c3)c2)cc1. The number of nitriles is 1. The van der Waals surface area contributed by atoms with Gasteiger partial charge in [-0.3, -0.25) is 0 Å². The highest BCUT2D eigenvalue weighted by Crippen LogP contribution is 2.23. The highest BCUT2D eigenvalue weighted by Gasteiger charge is 2.08. The summed E-state index contributed by atoms with van der Waals surface area (Å²) in [5.41, 5.74) is 1.97. The van der Waals surface area contributed by atoms with Crippen molar-refractivity contribution >= 4 is 17.6 Å². The smallest absolute Gasteiger partial charge is 0.349 e. The van der Waals surface area contributed by atoms with Gasteiger partial charge in [0.05, 0.1) is 25.9 Å². The van der Waals surface area contributed by atoms with Gasteiger partial charge in [0.15, 0.2) is 6.61 Å². The Kier molecular flexibility index (Phi) is 7.28. The number of carbonyl (C=O) groups excluding carboxylic acids is 1.